The molecule has 2 atom stereocenters. The van der Waals surface area contributed by atoms with E-state index in [1.807, 2.05) is 0 Å². The third kappa shape index (κ3) is 3.67. The average Bonchev–Trinajstić information content (AvgIpc) is 3.29. The smallest absolute Gasteiger partial charge is 0.223 e. The third-order valence-corrected chi connectivity index (χ3v) is 6.07. The third-order valence-electron chi connectivity index (χ3n) is 6.07. The van der Waals surface area contributed by atoms with Crippen LogP contribution in [0.25, 0.3) is 0 Å². The summed E-state index contributed by atoms with van der Waals surface area (Å²) in [7, 11) is 0. The summed E-state index contributed by atoms with van der Waals surface area (Å²) in [6, 6.07) is 6.62. The molecule has 0 aromatic heterocycles. The van der Waals surface area contributed by atoms with Crippen LogP contribution >= 0.6 is 0 Å². The van der Waals surface area contributed by atoms with Gasteiger partial charge in [-0.2, -0.15) is 0 Å². The standard InChI is InChI=1S/C20H28N2O3/c21-20(23)17-7-12-25-19(17)15-4-9-22(10-5-15)8-3-14-1-2-18-16(13-14)6-11-24-18/h1-2,13,15,17,19H,3-12H2,(H2,21,23)/t17-,19+/m0/s1. The van der Waals surface area contributed by atoms with Gasteiger partial charge < -0.3 is 20.1 Å². The SMILES string of the molecule is NC(=O)[C@H]1CCO[C@@H]1C1CCN(CCc2ccc3c(c2)CCO3)CC1. The number of hydrogen-bond acceptors (Lipinski definition) is 4. The van der Waals surface area contributed by atoms with Crippen LogP contribution in [0.15, 0.2) is 18.2 Å². The first-order chi connectivity index (χ1) is 12.2. The molecule has 3 aliphatic heterocycles. The Morgan fingerprint density at radius 3 is 2.84 bits per heavy atom. The number of likely N-dealkylation sites (tertiary alicyclic amines) is 1. The van der Waals surface area contributed by atoms with E-state index in [0.29, 0.717) is 12.5 Å². The second-order valence-electron chi connectivity index (χ2n) is 7.60. The van der Waals surface area contributed by atoms with Crippen molar-refractivity contribution in [2.45, 2.75) is 38.2 Å². The average molecular weight is 344 g/mol. The molecule has 1 aromatic rings. The Bertz CT molecular complexity index is 625. The van der Waals surface area contributed by atoms with Gasteiger partial charge in [0, 0.05) is 19.6 Å². The summed E-state index contributed by atoms with van der Waals surface area (Å²) in [5, 5.41) is 0. The number of amides is 1. The van der Waals surface area contributed by atoms with Gasteiger partial charge in [0.15, 0.2) is 0 Å². The predicted molar refractivity (Wildman–Crippen MR) is 95.6 cm³/mol. The summed E-state index contributed by atoms with van der Waals surface area (Å²) >= 11 is 0. The predicted octanol–water partition coefficient (Wildman–Crippen LogP) is 1.77. The zero-order valence-electron chi connectivity index (χ0n) is 14.8. The lowest BCUT2D eigenvalue weighted by Crippen LogP contribution is -2.42. The Labute approximate surface area is 149 Å². The van der Waals surface area contributed by atoms with Crippen LogP contribution in [0.1, 0.15) is 30.4 Å². The van der Waals surface area contributed by atoms with Crippen molar-refractivity contribution in [3.63, 3.8) is 0 Å². The molecule has 5 heteroatoms. The number of carbonyl (C=O) groups is 1. The number of primary amides is 1. The summed E-state index contributed by atoms with van der Waals surface area (Å²) in [6.07, 6.45) is 5.18. The number of carbonyl (C=O) groups excluding carboxylic acids is 1. The molecule has 0 saturated carbocycles. The maximum Gasteiger partial charge on any atom is 0.223 e. The van der Waals surface area contributed by atoms with E-state index in [1.54, 1.807) is 0 Å². The maximum absolute atomic E-state index is 11.6. The molecule has 0 unspecified atom stereocenters. The molecule has 1 amide bonds. The van der Waals surface area contributed by atoms with Crippen LogP contribution in [0.4, 0.5) is 0 Å². The van der Waals surface area contributed by atoms with E-state index in [2.05, 4.69) is 23.1 Å². The highest BCUT2D eigenvalue weighted by Gasteiger charge is 2.39. The number of piperidine rings is 1. The van der Waals surface area contributed by atoms with Crippen LogP contribution < -0.4 is 10.5 Å². The monoisotopic (exact) mass is 344 g/mol. The van der Waals surface area contributed by atoms with Crippen molar-refractivity contribution in [1.82, 2.24) is 4.90 Å². The van der Waals surface area contributed by atoms with Gasteiger partial charge in [-0.15, -0.1) is 0 Å². The molecule has 0 spiro atoms. The van der Waals surface area contributed by atoms with Crippen molar-refractivity contribution < 1.29 is 14.3 Å². The van der Waals surface area contributed by atoms with E-state index >= 15 is 0 Å². The van der Waals surface area contributed by atoms with E-state index < -0.39 is 0 Å². The lowest BCUT2D eigenvalue weighted by atomic mass is 9.84. The Morgan fingerprint density at radius 2 is 2.04 bits per heavy atom. The number of hydrogen-bond donors (Lipinski definition) is 1. The molecular weight excluding hydrogens is 316 g/mol. The molecule has 3 aliphatic rings. The molecule has 2 N–H and O–H groups in total. The van der Waals surface area contributed by atoms with Gasteiger partial charge in [-0.3, -0.25) is 4.79 Å². The van der Waals surface area contributed by atoms with Gasteiger partial charge in [-0.1, -0.05) is 12.1 Å². The highest BCUT2D eigenvalue weighted by atomic mass is 16.5. The second kappa shape index (κ2) is 7.34. The molecule has 25 heavy (non-hydrogen) atoms. The van der Waals surface area contributed by atoms with Gasteiger partial charge in [0.2, 0.25) is 5.91 Å². The van der Waals surface area contributed by atoms with Crippen LogP contribution in [-0.4, -0.2) is 49.8 Å². The minimum absolute atomic E-state index is 0.0522. The molecule has 2 saturated heterocycles. The lowest BCUT2D eigenvalue weighted by Gasteiger charge is -2.35. The van der Waals surface area contributed by atoms with Crippen LogP contribution in [0.5, 0.6) is 5.75 Å². The molecule has 1 aromatic carbocycles. The van der Waals surface area contributed by atoms with Crippen molar-refractivity contribution in [1.29, 1.82) is 0 Å². The first kappa shape index (κ1) is 16.9. The van der Waals surface area contributed by atoms with Crippen molar-refractivity contribution >= 4 is 5.91 Å². The Balaban J connectivity index is 1.26. The van der Waals surface area contributed by atoms with Gasteiger partial charge in [-0.05, 0) is 61.9 Å². The summed E-state index contributed by atoms with van der Waals surface area (Å²) < 4.78 is 11.4. The largest absolute Gasteiger partial charge is 0.493 e. The summed E-state index contributed by atoms with van der Waals surface area (Å²) in [6.45, 7) is 4.77. The molecule has 2 fully saturated rings. The Hall–Kier alpha value is -1.59. The van der Waals surface area contributed by atoms with Crippen LogP contribution in [-0.2, 0) is 22.4 Å². The first-order valence-electron chi connectivity index (χ1n) is 9.58. The number of rotatable bonds is 5. The summed E-state index contributed by atoms with van der Waals surface area (Å²) in [5.74, 6) is 1.27. The van der Waals surface area contributed by atoms with Crippen LogP contribution in [0.3, 0.4) is 0 Å². The number of fused-ring (bicyclic) bond motifs is 1. The topological polar surface area (TPSA) is 64.8 Å². The Kier molecular flexibility index (Phi) is 4.95. The number of nitrogens with two attached hydrogens (primary N) is 1. The Morgan fingerprint density at radius 1 is 1.20 bits per heavy atom. The fourth-order valence-electron chi connectivity index (χ4n) is 4.57. The molecular formula is C20H28N2O3. The first-order valence-corrected chi connectivity index (χ1v) is 9.58. The molecule has 4 rings (SSSR count). The van der Waals surface area contributed by atoms with Gasteiger partial charge in [0.05, 0.1) is 18.6 Å². The number of nitrogens with zero attached hydrogens (tertiary/aromatic N) is 1. The minimum Gasteiger partial charge on any atom is -0.493 e. The molecule has 5 nitrogen and oxygen atoms in total. The fraction of sp³-hybridized carbons (Fsp3) is 0.650. The van der Waals surface area contributed by atoms with Crippen LogP contribution in [0, 0.1) is 11.8 Å². The molecule has 0 radical (unpaired) electrons. The van der Waals surface area contributed by atoms with E-state index in [-0.39, 0.29) is 17.9 Å². The van der Waals surface area contributed by atoms with Gasteiger partial charge in [0.25, 0.3) is 0 Å². The highest BCUT2D eigenvalue weighted by molar-refractivity contribution is 5.77. The number of benzene rings is 1. The molecule has 136 valence electrons. The van der Waals surface area contributed by atoms with E-state index in [4.69, 9.17) is 15.2 Å². The zero-order valence-corrected chi connectivity index (χ0v) is 14.8. The quantitative estimate of drug-likeness (QED) is 0.884. The normalized spacial score (nSPS) is 27.2. The summed E-state index contributed by atoms with van der Waals surface area (Å²) in [4.78, 5) is 14.1. The minimum atomic E-state index is -0.189. The van der Waals surface area contributed by atoms with Crippen molar-refractivity contribution in [2.75, 3.05) is 32.8 Å². The lowest BCUT2D eigenvalue weighted by molar-refractivity contribution is -0.124. The molecule has 0 bridgehead atoms. The fourth-order valence-corrected chi connectivity index (χ4v) is 4.57. The van der Waals surface area contributed by atoms with Crippen LogP contribution in [0.2, 0.25) is 0 Å². The highest BCUT2D eigenvalue weighted by Crippen LogP contribution is 2.33. The van der Waals surface area contributed by atoms with E-state index in [0.717, 1.165) is 64.1 Å². The number of ether oxygens (including phenoxy) is 2. The van der Waals surface area contributed by atoms with E-state index in [9.17, 15) is 4.79 Å². The van der Waals surface area contributed by atoms with Crippen molar-refractivity contribution in [3.8, 4) is 5.75 Å². The van der Waals surface area contributed by atoms with E-state index in [1.165, 1.54) is 11.1 Å². The van der Waals surface area contributed by atoms with Gasteiger partial charge >= 0.3 is 0 Å². The van der Waals surface area contributed by atoms with Crippen molar-refractivity contribution in [2.24, 2.45) is 17.6 Å². The van der Waals surface area contributed by atoms with Gasteiger partial charge in [0.1, 0.15) is 5.75 Å². The second-order valence-corrected chi connectivity index (χ2v) is 7.60. The zero-order chi connectivity index (χ0) is 17.2. The van der Waals surface area contributed by atoms with Gasteiger partial charge in [-0.25, -0.2) is 0 Å². The molecule has 0 aliphatic carbocycles. The molecule has 3 heterocycles. The summed E-state index contributed by atoms with van der Waals surface area (Å²) in [5.41, 5.74) is 8.29. The van der Waals surface area contributed by atoms with Crippen molar-refractivity contribution in [3.05, 3.63) is 29.3 Å². The maximum atomic E-state index is 11.6.